The molecule has 1 rings (SSSR count). The van der Waals surface area contributed by atoms with Crippen LogP contribution in [0, 0.1) is 0 Å². The van der Waals surface area contributed by atoms with Crippen LogP contribution in [0.15, 0.2) is 30.3 Å². The Labute approximate surface area is 122 Å². The number of unbranched alkanes of at least 4 members (excludes halogenated alkanes) is 2. The molecule has 20 heavy (non-hydrogen) atoms. The van der Waals surface area contributed by atoms with Crippen LogP contribution in [0.5, 0.6) is 0 Å². The van der Waals surface area contributed by atoms with Crippen LogP contribution < -0.4 is 11.1 Å². The second-order valence-electron chi connectivity index (χ2n) is 5.29. The number of carbonyl (C=O) groups excluding carboxylic acids is 1. The molecule has 1 atom stereocenters. The standard InChI is InChI=1S/C16H27N3O/c1-19(2)15(14-9-5-3-6-10-14)13-18-16(20)11-7-4-8-12-17/h3,5-6,9-10,15H,4,7-8,11-13,17H2,1-2H3,(H,18,20). The summed E-state index contributed by atoms with van der Waals surface area (Å²) in [5.74, 6) is 0.129. The average molecular weight is 277 g/mol. The molecule has 0 heterocycles. The predicted molar refractivity (Wildman–Crippen MR) is 83.4 cm³/mol. The Kier molecular flexibility index (Phi) is 7.92. The van der Waals surface area contributed by atoms with Gasteiger partial charge in [0.25, 0.3) is 0 Å². The zero-order valence-corrected chi connectivity index (χ0v) is 12.6. The molecule has 4 nitrogen and oxygen atoms in total. The van der Waals surface area contributed by atoms with E-state index in [1.807, 2.05) is 32.3 Å². The van der Waals surface area contributed by atoms with Crippen molar-refractivity contribution in [3.8, 4) is 0 Å². The number of amides is 1. The van der Waals surface area contributed by atoms with E-state index >= 15 is 0 Å². The maximum atomic E-state index is 11.8. The van der Waals surface area contributed by atoms with Gasteiger partial charge in [0.15, 0.2) is 0 Å². The second kappa shape index (κ2) is 9.50. The summed E-state index contributed by atoms with van der Waals surface area (Å²) in [4.78, 5) is 13.9. The molecule has 1 amide bonds. The average Bonchev–Trinajstić information content (AvgIpc) is 2.44. The van der Waals surface area contributed by atoms with Crippen molar-refractivity contribution in [2.45, 2.75) is 31.7 Å². The summed E-state index contributed by atoms with van der Waals surface area (Å²) < 4.78 is 0. The van der Waals surface area contributed by atoms with Crippen molar-refractivity contribution in [1.82, 2.24) is 10.2 Å². The van der Waals surface area contributed by atoms with Gasteiger partial charge in [-0.2, -0.15) is 0 Å². The van der Waals surface area contributed by atoms with Gasteiger partial charge in [0.1, 0.15) is 0 Å². The van der Waals surface area contributed by atoms with E-state index in [1.54, 1.807) is 0 Å². The van der Waals surface area contributed by atoms with Crippen LogP contribution in [0.1, 0.15) is 37.3 Å². The molecule has 3 N–H and O–H groups in total. The minimum atomic E-state index is 0.129. The van der Waals surface area contributed by atoms with Gasteiger partial charge >= 0.3 is 0 Å². The van der Waals surface area contributed by atoms with Crippen molar-refractivity contribution in [3.05, 3.63) is 35.9 Å². The molecular formula is C16H27N3O. The summed E-state index contributed by atoms with van der Waals surface area (Å²) in [6.45, 7) is 1.35. The highest BCUT2D eigenvalue weighted by molar-refractivity contribution is 5.75. The Morgan fingerprint density at radius 1 is 1.20 bits per heavy atom. The highest BCUT2D eigenvalue weighted by atomic mass is 16.1. The number of nitrogens with two attached hydrogens (primary N) is 1. The summed E-state index contributed by atoms with van der Waals surface area (Å²) >= 11 is 0. The minimum Gasteiger partial charge on any atom is -0.354 e. The SMILES string of the molecule is CN(C)C(CNC(=O)CCCCCN)c1ccccc1. The molecule has 0 spiro atoms. The number of nitrogens with zero attached hydrogens (tertiary/aromatic N) is 1. The molecule has 1 aromatic rings. The first kappa shape index (κ1) is 16.7. The first-order chi connectivity index (χ1) is 9.65. The Balaban J connectivity index is 2.38. The lowest BCUT2D eigenvalue weighted by molar-refractivity contribution is -0.121. The molecule has 0 bridgehead atoms. The summed E-state index contributed by atoms with van der Waals surface area (Å²) in [7, 11) is 4.07. The first-order valence-corrected chi connectivity index (χ1v) is 7.33. The van der Waals surface area contributed by atoms with E-state index in [4.69, 9.17) is 5.73 Å². The highest BCUT2D eigenvalue weighted by Gasteiger charge is 2.14. The van der Waals surface area contributed by atoms with Crippen molar-refractivity contribution >= 4 is 5.91 Å². The number of benzene rings is 1. The fourth-order valence-corrected chi connectivity index (χ4v) is 2.18. The molecule has 0 aromatic heterocycles. The van der Waals surface area contributed by atoms with Gasteiger partial charge in [-0.3, -0.25) is 4.79 Å². The third-order valence-corrected chi connectivity index (χ3v) is 3.41. The lowest BCUT2D eigenvalue weighted by atomic mass is 10.1. The molecular weight excluding hydrogens is 250 g/mol. The van der Waals surface area contributed by atoms with Crippen LogP contribution in [-0.4, -0.2) is 38.0 Å². The Bertz CT molecular complexity index is 379. The van der Waals surface area contributed by atoms with Crippen molar-refractivity contribution in [1.29, 1.82) is 0 Å². The zero-order valence-electron chi connectivity index (χ0n) is 12.6. The Morgan fingerprint density at radius 2 is 1.90 bits per heavy atom. The second-order valence-corrected chi connectivity index (χ2v) is 5.29. The van der Waals surface area contributed by atoms with Gasteiger partial charge in [-0.1, -0.05) is 36.8 Å². The number of nitrogens with one attached hydrogen (secondary N) is 1. The molecule has 1 aromatic carbocycles. The smallest absolute Gasteiger partial charge is 0.220 e. The third-order valence-electron chi connectivity index (χ3n) is 3.41. The molecule has 0 aliphatic carbocycles. The Morgan fingerprint density at radius 3 is 2.50 bits per heavy atom. The predicted octanol–water partition coefficient (Wildman–Crippen LogP) is 1.92. The van der Waals surface area contributed by atoms with Crippen LogP contribution in [0.25, 0.3) is 0 Å². The van der Waals surface area contributed by atoms with E-state index < -0.39 is 0 Å². The molecule has 1 unspecified atom stereocenters. The summed E-state index contributed by atoms with van der Waals surface area (Å²) in [5.41, 5.74) is 6.66. The number of hydrogen-bond acceptors (Lipinski definition) is 3. The maximum Gasteiger partial charge on any atom is 0.220 e. The molecule has 112 valence electrons. The number of rotatable bonds is 9. The fraction of sp³-hybridized carbons (Fsp3) is 0.562. The maximum absolute atomic E-state index is 11.8. The summed E-state index contributed by atoms with van der Waals surface area (Å²) in [5, 5.41) is 3.03. The van der Waals surface area contributed by atoms with Crippen molar-refractivity contribution < 1.29 is 4.79 Å². The van der Waals surface area contributed by atoms with Crippen LogP contribution in [0.2, 0.25) is 0 Å². The fourth-order valence-electron chi connectivity index (χ4n) is 2.18. The van der Waals surface area contributed by atoms with Crippen LogP contribution in [0.4, 0.5) is 0 Å². The Hall–Kier alpha value is -1.39. The third kappa shape index (κ3) is 6.17. The molecule has 0 aliphatic heterocycles. The van der Waals surface area contributed by atoms with E-state index in [-0.39, 0.29) is 11.9 Å². The monoisotopic (exact) mass is 277 g/mol. The van der Waals surface area contributed by atoms with Crippen LogP contribution in [0.3, 0.4) is 0 Å². The van der Waals surface area contributed by atoms with E-state index in [1.165, 1.54) is 5.56 Å². The van der Waals surface area contributed by atoms with Gasteiger partial charge in [-0.05, 0) is 39.0 Å². The van der Waals surface area contributed by atoms with Crippen molar-refractivity contribution in [3.63, 3.8) is 0 Å². The minimum absolute atomic E-state index is 0.129. The summed E-state index contributed by atoms with van der Waals surface area (Å²) in [6.07, 6.45) is 3.53. The molecule has 0 radical (unpaired) electrons. The van der Waals surface area contributed by atoms with Crippen molar-refractivity contribution in [2.75, 3.05) is 27.2 Å². The molecule has 0 saturated heterocycles. The first-order valence-electron chi connectivity index (χ1n) is 7.33. The van der Waals surface area contributed by atoms with Gasteiger partial charge in [0, 0.05) is 13.0 Å². The highest BCUT2D eigenvalue weighted by Crippen LogP contribution is 2.16. The lowest BCUT2D eigenvalue weighted by Gasteiger charge is -2.25. The molecule has 0 saturated carbocycles. The van der Waals surface area contributed by atoms with Gasteiger partial charge in [-0.25, -0.2) is 0 Å². The van der Waals surface area contributed by atoms with Gasteiger partial charge in [0.2, 0.25) is 5.91 Å². The normalized spacial score (nSPS) is 12.4. The molecule has 0 aliphatic rings. The van der Waals surface area contributed by atoms with Gasteiger partial charge < -0.3 is 16.0 Å². The zero-order chi connectivity index (χ0) is 14.8. The molecule has 4 heteroatoms. The van der Waals surface area contributed by atoms with Gasteiger partial charge in [0.05, 0.1) is 6.04 Å². The topological polar surface area (TPSA) is 58.4 Å². The van der Waals surface area contributed by atoms with E-state index in [0.29, 0.717) is 19.5 Å². The molecule has 0 fully saturated rings. The number of carbonyl (C=O) groups is 1. The number of likely N-dealkylation sites (N-methyl/N-ethyl adjacent to an activating group) is 1. The van der Waals surface area contributed by atoms with Gasteiger partial charge in [-0.15, -0.1) is 0 Å². The summed E-state index contributed by atoms with van der Waals surface area (Å²) in [6, 6.07) is 10.5. The van der Waals surface area contributed by atoms with E-state index in [0.717, 1.165) is 19.3 Å². The largest absolute Gasteiger partial charge is 0.354 e. The van der Waals surface area contributed by atoms with Crippen molar-refractivity contribution in [2.24, 2.45) is 5.73 Å². The van der Waals surface area contributed by atoms with Crippen LogP contribution in [-0.2, 0) is 4.79 Å². The quantitative estimate of drug-likeness (QED) is 0.678. The lowest BCUT2D eigenvalue weighted by Crippen LogP contribution is -2.34. The van der Waals surface area contributed by atoms with E-state index in [2.05, 4.69) is 22.3 Å². The van der Waals surface area contributed by atoms with E-state index in [9.17, 15) is 4.79 Å². The number of hydrogen-bond donors (Lipinski definition) is 2. The van der Waals surface area contributed by atoms with Crippen LogP contribution >= 0.6 is 0 Å².